The van der Waals surface area contributed by atoms with Crippen molar-refractivity contribution in [2.75, 3.05) is 6.54 Å². The van der Waals surface area contributed by atoms with Crippen LogP contribution in [0.25, 0.3) is 23.0 Å². The molecule has 2 aromatic carbocycles. The minimum Gasteiger partial charge on any atom is -0.334 e. The summed E-state index contributed by atoms with van der Waals surface area (Å²) in [7, 11) is 1.91. The Balaban J connectivity index is 1.46. The highest BCUT2D eigenvalue weighted by atomic mass is 16.5. The minimum atomic E-state index is 0.0269. The fourth-order valence-corrected chi connectivity index (χ4v) is 4.02. The van der Waals surface area contributed by atoms with Crippen LogP contribution in [0.2, 0.25) is 0 Å². The molecule has 5 rings (SSSR count). The molecule has 0 aliphatic carbocycles. The first-order valence-electron chi connectivity index (χ1n) is 10.3. The van der Waals surface area contributed by atoms with Gasteiger partial charge in [0.1, 0.15) is 0 Å². The number of fused-ring (bicyclic) bond motifs is 1. The SMILES string of the molecule is Cc1ccc(C(=O)N2CCc3c(c(-c4nc(-c5ccccc5)no4)nn3C)C2)cc1C. The number of hydrogen-bond donors (Lipinski definition) is 0. The van der Waals surface area contributed by atoms with Gasteiger partial charge in [-0.1, -0.05) is 41.6 Å². The molecule has 0 bridgehead atoms. The Kier molecular flexibility index (Phi) is 4.66. The molecule has 1 aliphatic rings. The van der Waals surface area contributed by atoms with Crippen LogP contribution in [-0.2, 0) is 20.0 Å². The van der Waals surface area contributed by atoms with E-state index in [9.17, 15) is 4.79 Å². The van der Waals surface area contributed by atoms with Crippen LogP contribution in [0.5, 0.6) is 0 Å². The van der Waals surface area contributed by atoms with Crippen LogP contribution in [0.4, 0.5) is 0 Å². The van der Waals surface area contributed by atoms with Crippen LogP contribution in [0.3, 0.4) is 0 Å². The molecule has 156 valence electrons. The number of hydrogen-bond acceptors (Lipinski definition) is 5. The van der Waals surface area contributed by atoms with Crippen molar-refractivity contribution in [3.63, 3.8) is 0 Å². The van der Waals surface area contributed by atoms with Crippen molar-refractivity contribution < 1.29 is 9.32 Å². The summed E-state index contributed by atoms with van der Waals surface area (Å²) < 4.78 is 7.41. The van der Waals surface area contributed by atoms with E-state index in [0.717, 1.165) is 28.8 Å². The van der Waals surface area contributed by atoms with E-state index < -0.39 is 0 Å². The number of benzene rings is 2. The molecule has 0 fully saturated rings. The standard InChI is InChI=1S/C24H23N5O2/c1-15-9-10-18(13-16(15)2)24(30)29-12-11-20-19(14-29)21(26-28(20)3)23-25-22(27-31-23)17-7-5-4-6-8-17/h4-10,13H,11-12,14H2,1-3H3. The molecule has 0 atom stereocenters. The highest BCUT2D eigenvalue weighted by Gasteiger charge is 2.30. The van der Waals surface area contributed by atoms with E-state index in [2.05, 4.69) is 15.2 Å². The van der Waals surface area contributed by atoms with Gasteiger partial charge in [0.15, 0.2) is 5.69 Å². The number of carbonyl (C=O) groups excluding carboxylic acids is 1. The number of amides is 1. The van der Waals surface area contributed by atoms with E-state index in [1.807, 2.05) is 79.0 Å². The number of aryl methyl sites for hydroxylation is 3. The third-order valence-electron chi connectivity index (χ3n) is 5.94. The summed E-state index contributed by atoms with van der Waals surface area (Å²) in [5.74, 6) is 0.920. The lowest BCUT2D eigenvalue weighted by Crippen LogP contribution is -2.36. The summed E-state index contributed by atoms with van der Waals surface area (Å²) in [6.45, 7) is 5.19. The van der Waals surface area contributed by atoms with Gasteiger partial charge < -0.3 is 9.42 Å². The Morgan fingerprint density at radius 2 is 1.87 bits per heavy atom. The van der Waals surface area contributed by atoms with E-state index in [-0.39, 0.29) is 5.91 Å². The second-order valence-electron chi connectivity index (χ2n) is 7.96. The van der Waals surface area contributed by atoms with Gasteiger partial charge in [-0.15, -0.1) is 0 Å². The molecule has 0 saturated carbocycles. The maximum atomic E-state index is 13.2. The number of carbonyl (C=O) groups is 1. The Morgan fingerprint density at radius 3 is 2.65 bits per heavy atom. The quantitative estimate of drug-likeness (QED) is 0.508. The summed E-state index contributed by atoms with van der Waals surface area (Å²) in [5.41, 5.74) is 6.59. The predicted molar refractivity (Wildman–Crippen MR) is 116 cm³/mol. The van der Waals surface area contributed by atoms with Crippen LogP contribution in [0, 0.1) is 13.8 Å². The van der Waals surface area contributed by atoms with Crippen molar-refractivity contribution in [1.82, 2.24) is 24.8 Å². The van der Waals surface area contributed by atoms with Gasteiger partial charge in [-0.2, -0.15) is 10.1 Å². The molecule has 0 unspecified atom stereocenters. The maximum absolute atomic E-state index is 13.2. The number of rotatable bonds is 3. The third kappa shape index (κ3) is 3.42. The van der Waals surface area contributed by atoms with Crippen molar-refractivity contribution >= 4 is 5.91 Å². The largest absolute Gasteiger partial charge is 0.334 e. The zero-order valence-electron chi connectivity index (χ0n) is 17.8. The van der Waals surface area contributed by atoms with Gasteiger partial charge >= 0.3 is 0 Å². The average Bonchev–Trinajstić information content (AvgIpc) is 3.40. The zero-order chi connectivity index (χ0) is 21.5. The Morgan fingerprint density at radius 1 is 1.06 bits per heavy atom. The van der Waals surface area contributed by atoms with Gasteiger partial charge in [-0.3, -0.25) is 9.48 Å². The molecule has 0 N–H and O–H groups in total. The molecule has 7 nitrogen and oxygen atoms in total. The van der Waals surface area contributed by atoms with Gasteiger partial charge in [0.05, 0.1) is 6.54 Å². The fourth-order valence-electron chi connectivity index (χ4n) is 4.02. The van der Waals surface area contributed by atoms with E-state index in [0.29, 0.717) is 36.1 Å². The maximum Gasteiger partial charge on any atom is 0.279 e. The topological polar surface area (TPSA) is 77.1 Å². The van der Waals surface area contributed by atoms with Gasteiger partial charge in [0, 0.05) is 42.4 Å². The molecule has 31 heavy (non-hydrogen) atoms. The van der Waals surface area contributed by atoms with Crippen LogP contribution >= 0.6 is 0 Å². The Labute approximate surface area is 180 Å². The molecule has 3 heterocycles. The lowest BCUT2D eigenvalue weighted by Gasteiger charge is -2.27. The van der Waals surface area contributed by atoms with Crippen LogP contribution in [0.15, 0.2) is 53.1 Å². The smallest absolute Gasteiger partial charge is 0.279 e. The Bertz CT molecular complexity index is 1270. The second kappa shape index (κ2) is 7.50. The van der Waals surface area contributed by atoms with E-state index in [1.54, 1.807) is 0 Å². The van der Waals surface area contributed by atoms with E-state index >= 15 is 0 Å². The molecule has 0 saturated heterocycles. The summed E-state index contributed by atoms with van der Waals surface area (Å²) in [4.78, 5) is 19.6. The van der Waals surface area contributed by atoms with Crippen molar-refractivity contribution in [2.45, 2.75) is 26.8 Å². The van der Waals surface area contributed by atoms with E-state index in [4.69, 9.17) is 4.52 Å². The van der Waals surface area contributed by atoms with Gasteiger partial charge in [-0.05, 0) is 37.1 Å². The molecular formula is C24H23N5O2. The van der Waals surface area contributed by atoms with Crippen LogP contribution in [-0.4, -0.2) is 37.3 Å². The molecule has 4 aromatic rings. The van der Waals surface area contributed by atoms with Crippen molar-refractivity contribution in [1.29, 1.82) is 0 Å². The Hall–Kier alpha value is -3.74. The van der Waals surface area contributed by atoms with Gasteiger partial charge in [0.2, 0.25) is 5.82 Å². The molecular weight excluding hydrogens is 390 g/mol. The van der Waals surface area contributed by atoms with Gasteiger partial charge in [-0.25, -0.2) is 0 Å². The van der Waals surface area contributed by atoms with Crippen LogP contribution < -0.4 is 0 Å². The first-order valence-corrected chi connectivity index (χ1v) is 10.3. The third-order valence-corrected chi connectivity index (χ3v) is 5.94. The molecule has 0 radical (unpaired) electrons. The van der Waals surface area contributed by atoms with Crippen molar-refractivity contribution in [2.24, 2.45) is 7.05 Å². The highest BCUT2D eigenvalue weighted by molar-refractivity contribution is 5.94. The van der Waals surface area contributed by atoms with Crippen molar-refractivity contribution in [3.05, 3.63) is 76.5 Å². The summed E-state index contributed by atoms with van der Waals surface area (Å²) in [6.07, 6.45) is 0.731. The molecule has 1 aliphatic heterocycles. The minimum absolute atomic E-state index is 0.0269. The molecule has 1 amide bonds. The summed E-state index contributed by atoms with van der Waals surface area (Å²) >= 11 is 0. The fraction of sp³-hybridized carbons (Fsp3) is 0.250. The summed E-state index contributed by atoms with van der Waals surface area (Å²) in [5, 5.41) is 8.77. The first kappa shape index (κ1) is 19.2. The van der Waals surface area contributed by atoms with Gasteiger partial charge in [0.25, 0.3) is 11.8 Å². The van der Waals surface area contributed by atoms with E-state index in [1.165, 1.54) is 5.56 Å². The number of aromatic nitrogens is 4. The first-order chi connectivity index (χ1) is 15.0. The zero-order valence-corrected chi connectivity index (χ0v) is 17.8. The summed E-state index contributed by atoms with van der Waals surface area (Å²) in [6, 6.07) is 15.5. The lowest BCUT2D eigenvalue weighted by atomic mass is 10.0. The molecule has 7 heteroatoms. The predicted octanol–water partition coefficient (Wildman–Crippen LogP) is 3.95. The average molecular weight is 413 g/mol. The van der Waals surface area contributed by atoms with Crippen molar-refractivity contribution in [3.8, 4) is 23.0 Å². The molecule has 0 spiro atoms. The highest BCUT2D eigenvalue weighted by Crippen LogP contribution is 2.30. The monoisotopic (exact) mass is 413 g/mol. The lowest BCUT2D eigenvalue weighted by molar-refractivity contribution is 0.0733. The molecule has 2 aromatic heterocycles. The van der Waals surface area contributed by atoms with Crippen LogP contribution in [0.1, 0.15) is 32.7 Å². The normalized spacial score (nSPS) is 13.3. The second-order valence-corrected chi connectivity index (χ2v) is 7.96. The number of nitrogens with zero attached hydrogens (tertiary/aromatic N) is 5.